The van der Waals surface area contributed by atoms with Crippen LogP contribution in [-0.2, 0) is 4.74 Å². The number of carboxylic acids is 1. The molecule has 148 valence electrons. The first-order valence-electron chi connectivity index (χ1n) is 9.36. The Kier molecular flexibility index (Phi) is 5.63. The fraction of sp³-hybridized carbons (Fsp3) is 0.429. The number of nitrogens with zero attached hydrogens (tertiary/aromatic N) is 3. The van der Waals surface area contributed by atoms with E-state index >= 15 is 0 Å². The first-order chi connectivity index (χ1) is 13.2. The van der Waals surface area contributed by atoms with Crippen LogP contribution >= 0.6 is 0 Å². The standard InChI is InChI=1S/C21H25N3O4/c1-21(2,3)28-20(27)24-9-7-14(8-10-24)17-12-23-18(13-22-17)15-5-4-6-16(11-15)19(25)26/h4-6,11-14H,7-10H2,1-3H3,(H,25,26). The van der Waals surface area contributed by atoms with E-state index in [9.17, 15) is 9.59 Å². The van der Waals surface area contributed by atoms with Crippen LogP contribution in [0.3, 0.4) is 0 Å². The molecule has 1 saturated heterocycles. The second kappa shape index (κ2) is 7.96. The summed E-state index contributed by atoms with van der Waals surface area (Å²) in [5.74, 6) is -0.728. The van der Waals surface area contributed by atoms with Crippen LogP contribution in [0.15, 0.2) is 36.7 Å². The maximum Gasteiger partial charge on any atom is 0.410 e. The molecule has 7 nitrogen and oxygen atoms in total. The second-order valence-electron chi connectivity index (χ2n) is 7.95. The summed E-state index contributed by atoms with van der Waals surface area (Å²) in [6, 6.07) is 6.65. The van der Waals surface area contributed by atoms with Gasteiger partial charge < -0.3 is 14.7 Å². The predicted molar refractivity (Wildman–Crippen MR) is 104 cm³/mol. The number of ether oxygens (including phenoxy) is 1. The number of amides is 1. The summed E-state index contributed by atoms with van der Waals surface area (Å²) in [5, 5.41) is 9.12. The number of carbonyl (C=O) groups excluding carboxylic acids is 1. The molecule has 1 N–H and O–H groups in total. The van der Waals surface area contributed by atoms with Crippen molar-refractivity contribution in [2.75, 3.05) is 13.1 Å². The van der Waals surface area contributed by atoms with Gasteiger partial charge in [0.05, 0.1) is 23.1 Å². The third-order valence-corrected chi connectivity index (χ3v) is 4.64. The smallest absolute Gasteiger partial charge is 0.410 e. The van der Waals surface area contributed by atoms with Crippen LogP contribution in [0.1, 0.15) is 55.6 Å². The molecule has 1 fully saturated rings. The first kappa shape index (κ1) is 19.8. The number of likely N-dealkylation sites (tertiary alicyclic amines) is 1. The van der Waals surface area contributed by atoms with E-state index in [4.69, 9.17) is 9.84 Å². The van der Waals surface area contributed by atoms with Gasteiger partial charge in [0, 0.05) is 30.8 Å². The molecule has 1 aromatic heterocycles. The number of hydrogen-bond acceptors (Lipinski definition) is 5. The van der Waals surface area contributed by atoms with Gasteiger partial charge in [0.2, 0.25) is 0 Å². The molecule has 0 spiro atoms. The van der Waals surface area contributed by atoms with E-state index in [1.807, 2.05) is 26.8 Å². The van der Waals surface area contributed by atoms with E-state index in [1.54, 1.807) is 35.5 Å². The van der Waals surface area contributed by atoms with Crippen LogP contribution in [0.25, 0.3) is 11.3 Å². The Labute approximate surface area is 164 Å². The van der Waals surface area contributed by atoms with E-state index in [1.165, 1.54) is 0 Å². The molecule has 0 aliphatic carbocycles. The highest BCUT2D eigenvalue weighted by Gasteiger charge is 2.28. The van der Waals surface area contributed by atoms with Gasteiger partial charge >= 0.3 is 12.1 Å². The minimum Gasteiger partial charge on any atom is -0.478 e. The highest BCUT2D eigenvalue weighted by atomic mass is 16.6. The number of piperidine rings is 1. The lowest BCUT2D eigenvalue weighted by Crippen LogP contribution is -2.41. The molecule has 0 bridgehead atoms. The van der Waals surface area contributed by atoms with Gasteiger partial charge in [0.25, 0.3) is 0 Å². The minimum atomic E-state index is -0.969. The number of rotatable bonds is 3. The number of benzene rings is 1. The van der Waals surface area contributed by atoms with Crippen molar-refractivity contribution in [3.63, 3.8) is 0 Å². The quantitative estimate of drug-likeness (QED) is 0.862. The molecule has 28 heavy (non-hydrogen) atoms. The fourth-order valence-electron chi connectivity index (χ4n) is 3.19. The van der Waals surface area contributed by atoms with E-state index in [0.29, 0.717) is 18.8 Å². The average Bonchev–Trinajstić information content (AvgIpc) is 2.67. The Morgan fingerprint density at radius 1 is 1.14 bits per heavy atom. The van der Waals surface area contributed by atoms with Gasteiger partial charge in [-0.25, -0.2) is 9.59 Å². The Morgan fingerprint density at radius 3 is 2.43 bits per heavy atom. The molecule has 7 heteroatoms. The van der Waals surface area contributed by atoms with Crippen molar-refractivity contribution in [1.29, 1.82) is 0 Å². The molecule has 1 aromatic carbocycles. The molecule has 0 radical (unpaired) electrons. The molecular formula is C21H25N3O4. The molecular weight excluding hydrogens is 358 g/mol. The van der Waals surface area contributed by atoms with Gasteiger partial charge in [0.1, 0.15) is 5.60 Å². The number of carboxylic acid groups (broad SMARTS) is 1. The van der Waals surface area contributed by atoms with Crippen LogP contribution in [-0.4, -0.2) is 50.7 Å². The molecule has 0 atom stereocenters. The van der Waals surface area contributed by atoms with Crippen molar-refractivity contribution in [1.82, 2.24) is 14.9 Å². The van der Waals surface area contributed by atoms with Crippen molar-refractivity contribution in [2.24, 2.45) is 0 Å². The summed E-state index contributed by atoms with van der Waals surface area (Å²) in [4.78, 5) is 34.0. The van der Waals surface area contributed by atoms with Crippen LogP contribution in [0.5, 0.6) is 0 Å². The van der Waals surface area contributed by atoms with Crippen LogP contribution in [0.4, 0.5) is 4.79 Å². The lowest BCUT2D eigenvalue weighted by Gasteiger charge is -2.33. The average molecular weight is 383 g/mol. The summed E-state index contributed by atoms with van der Waals surface area (Å²) in [7, 11) is 0. The third kappa shape index (κ3) is 4.85. The highest BCUT2D eigenvalue weighted by molar-refractivity contribution is 5.89. The van der Waals surface area contributed by atoms with Gasteiger partial charge in [-0.3, -0.25) is 9.97 Å². The third-order valence-electron chi connectivity index (χ3n) is 4.64. The number of hydrogen-bond donors (Lipinski definition) is 1. The summed E-state index contributed by atoms with van der Waals surface area (Å²) in [5.41, 5.74) is 1.98. The monoisotopic (exact) mass is 383 g/mol. The Balaban J connectivity index is 1.63. The van der Waals surface area contributed by atoms with E-state index < -0.39 is 11.6 Å². The van der Waals surface area contributed by atoms with Crippen molar-refractivity contribution in [3.05, 3.63) is 47.9 Å². The van der Waals surface area contributed by atoms with Gasteiger partial charge in [-0.2, -0.15) is 0 Å². The summed E-state index contributed by atoms with van der Waals surface area (Å²) in [6.07, 6.45) is 4.77. The molecule has 1 aliphatic rings. The Bertz CT molecular complexity index is 851. The number of carbonyl (C=O) groups is 2. The van der Waals surface area contributed by atoms with Gasteiger partial charge in [0.15, 0.2) is 0 Å². The van der Waals surface area contributed by atoms with Crippen LogP contribution < -0.4 is 0 Å². The van der Waals surface area contributed by atoms with Gasteiger partial charge in [-0.1, -0.05) is 12.1 Å². The zero-order valence-electron chi connectivity index (χ0n) is 16.4. The molecule has 2 heterocycles. The van der Waals surface area contributed by atoms with E-state index in [2.05, 4.69) is 9.97 Å². The highest BCUT2D eigenvalue weighted by Crippen LogP contribution is 2.28. The number of aromatic carboxylic acids is 1. The zero-order valence-corrected chi connectivity index (χ0v) is 16.4. The van der Waals surface area contributed by atoms with Gasteiger partial charge in [-0.05, 0) is 45.7 Å². The first-order valence-corrected chi connectivity index (χ1v) is 9.36. The maximum atomic E-state index is 12.2. The molecule has 1 amide bonds. The Morgan fingerprint density at radius 2 is 1.86 bits per heavy atom. The number of aromatic nitrogens is 2. The summed E-state index contributed by atoms with van der Waals surface area (Å²) < 4.78 is 5.43. The van der Waals surface area contributed by atoms with Crippen molar-refractivity contribution >= 4 is 12.1 Å². The Hall–Kier alpha value is -2.96. The summed E-state index contributed by atoms with van der Waals surface area (Å²) in [6.45, 7) is 6.84. The summed E-state index contributed by atoms with van der Waals surface area (Å²) >= 11 is 0. The molecule has 1 aliphatic heterocycles. The van der Waals surface area contributed by atoms with Gasteiger partial charge in [-0.15, -0.1) is 0 Å². The molecule has 0 saturated carbocycles. The largest absolute Gasteiger partial charge is 0.478 e. The normalized spacial score (nSPS) is 15.3. The van der Waals surface area contributed by atoms with E-state index in [0.717, 1.165) is 24.1 Å². The van der Waals surface area contributed by atoms with Crippen LogP contribution in [0.2, 0.25) is 0 Å². The van der Waals surface area contributed by atoms with Crippen molar-refractivity contribution in [2.45, 2.75) is 45.1 Å². The minimum absolute atomic E-state index is 0.220. The van der Waals surface area contributed by atoms with Crippen LogP contribution in [0, 0.1) is 0 Å². The molecule has 3 rings (SSSR count). The zero-order chi connectivity index (χ0) is 20.3. The lowest BCUT2D eigenvalue weighted by molar-refractivity contribution is 0.0203. The second-order valence-corrected chi connectivity index (χ2v) is 7.95. The SMILES string of the molecule is CC(C)(C)OC(=O)N1CCC(c2cnc(-c3cccc(C(=O)O)c3)cn2)CC1. The predicted octanol–water partition coefficient (Wildman–Crippen LogP) is 3.96. The molecule has 2 aromatic rings. The van der Waals surface area contributed by atoms with Crippen molar-refractivity contribution < 1.29 is 19.4 Å². The fourth-order valence-corrected chi connectivity index (χ4v) is 3.19. The molecule has 0 unspecified atom stereocenters. The van der Waals surface area contributed by atoms with E-state index in [-0.39, 0.29) is 17.6 Å². The maximum absolute atomic E-state index is 12.2. The van der Waals surface area contributed by atoms with Crippen molar-refractivity contribution in [3.8, 4) is 11.3 Å². The topological polar surface area (TPSA) is 92.6 Å². The lowest BCUT2D eigenvalue weighted by atomic mass is 9.94.